The third-order valence-corrected chi connectivity index (χ3v) is 6.18. The lowest BCUT2D eigenvalue weighted by Gasteiger charge is -2.13. The number of benzene rings is 3. The summed E-state index contributed by atoms with van der Waals surface area (Å²) in [7, 11) is 1.41. The maximum absolute atomic E-state index is 15.1. The summed E-state index contributed by atoms with van der Waals surface area (Å²) in [5.74, 6) is -0.746. The van der Waals surface area contributed by atoms with Crippen LogP contribution in [0.3, 0.4) is 0 Å². The van der Waals surface area contributed by atoms with Gasteiger partial charge in [-0.1, -0.05) is 47.5 Å². The molecule has 0 atom stereocenters. The first-order valence-electron chi connectivity index (χ1n) is 11.1. The van der Waals surface area contributed by atoms with Gasteiger partial charge in [-0.05, 0) is 41.1 Å². The molecular weight excluding hydrogens is 534 g/mol. The van der Waals surface area contributed by atoms with Gasteiger partial charge in [-0.2, -0.15) is 5.26 Å². The Hall–Kier alpha value is -4.59. The summed E-state index contributed by atoms with van der Waals surface area (Å²) in [5, 5.41) is 16.7. The van der Waals surface area contributed by atoms with Crippen LogP contribution in [0.5, 0.6) is 5.88 Å². The molecule has 5 aromatic rings. The number of fused-ring (bicyclic) bond motifs is 1. The Bertz CT molecular complexity index is 1730. The van der Waals surface area contributed by atoms with Gasteiger partial charge in [0.05, 0.1) is 34.8 Å². The number of ether oxygens (including phenoxy) is 1. The van der Waals surface area contributed by atoms with Gasteiger partial charge in [-0.25, -0.2) is 14.1 Å². The van der Waals surface area contributed by atoms with E-state index in [-0.39, 0.29) is 34.7 Å². The number of rotatable bonds is 7. The molecule has 0 saturated carbocycles. The van der Waals surface area contributed by atoms with Crippen molar-refractivity contribution in [2.24, 2.45) is 0 Å². The van der Waals surface area contributed by atoms with Gasteiger partial charge in [0.15, 0.2) is 0 Å². The summed E-state index contributed by atoms with van der Waals surface area (Å²) in [6, 6.07) is 18.1. The molecular formula is C26H17Cl2FN6O3. The van der Waals surface area contributed by atoms with Crippen molar-refractivity contribution in [3.8, 4) is 23.1 Å². The number of nitriles is 1. The van der Waals surface area contributed by atoms with Crippen molar-refractivity contribution in [2.45, 2.75) is 6.54 Å². The monoisotopic (exact) mass is 550 g/mol. The van der Waals surface area contributed by atoms with Crippen molar-refractivity contribution in [1.29, 1.82) is 5.26 Å². The van der Waals surface area contributed by atoms with E-state index in [1.54, 1.807) is 36.4 Å². The van der Waals surface area contributed by atoms with Gasteiger partial charge in [0.1, 0.15) is 11.9 Å². The minimum absolute atomic E-state index is 0.0445. The van der Waals surface area contributed by atoms with E-state index in [1.165, 1.54) is 30.0 Å². The lowest BCUT2D eigenvalue weighted by Crippen LogP contribution is -2.24. The number of halogens is 3. The van der Waals surface area contributed by atoms with Crippen LogP contribution in [0.15, 0.2) is 65.2 Å². The third kappa shape index (κ3) is 4.85. The van der Waals surface area contributed by atoms with Gasteiger partial charge in [-0.3, -0.25) is 10.2 Å². The zero-order valence-corrected chi connectivity index (χ0v) is 21.1. The standard InChI is InChI=1S/C26H17Cl2FN6O3/c1-37-24-11-23(38-34-24)25(36)33-35-22-5-3-2-4-21(22)32-26(35)31-13-15-7-6-14(8-20(15)29)17-9-16(27)10-19(28)18(17)12-30/h2-11H,13H2,1H3,(H,31,32)(H,33,36). The van der Waals surface area contributed by atoms with Crippen LogP contribution in [0.4, 0.5) is 10.3 Å². The van der Waals surface area contributed by atoms with Gasteiger partial charge in [0.25, 0.3) is 5.88 Å². The minimum atomic E-state index is -0.587. The average Bonchev–Trinajstić information content (AvgIpc) is 3.53. The van der Waals surface area contributed by atoms with Crippen LogP contribution < -0.4 is 15.5 Å². The quantitative estimate of drug-likeness (QED) is 0.254. The lowest BCUT2D eigenvalue weighted by molar-refractivity contribution is 0.0973. The number of carbonyl (C=O) groups excluding carboxylic acids is 1. The number of hydrogen-bond donors (Lipinski definition) is 2. The second kappa shape index (κ2) is 10.4. The molecule has 38 heavy (non-hydrogen) atoms. The van der Waals surface area contributed by atoms with Gasteiger partial charge >= 0.3 is 5.91 Å². The predicted molar refractivity (Wildman–Crippen MR) is 140 cm³/mol. The minimum Gasteiger partial charge on any atom is -0.479 e. The predicted octanol–water partition coefficient (Wildman–Crippen LogP) is 6.01. The molecule has 0 bridgehead atoms. The van der Waals surface area contributed by atoms with Crippen LogP contribution >= 0.6 is 23.2 Å². The Morgan fingerprint density at radius 3 is 2.74 bits per heavy atom. The van der Waals surface area contributed by atoms with Crippen LogP contribution in [0.1, 0.15) is 21.7 Å². The average molecular weight is 551 g/mol. The van der Waals surface area contributed by atoms with Crippen LogP contribution in [-0.2, 0) is 6.54 Å². The fraction of sp³-hybridized carbons (Fsp3) is 0.0769. The SMILES string of the molecule is COc1cc(C(=O)Nn2c(NCc3ccc(-c4cc(Cl)cc(Cl)c4C#N)cc3F)nc3ccccc32)on1. The number of imidazole rings is 1. The van der Waals surface area contributed by atoms with E-state index in [2.05, 4.69) is 20.9 Å². The smallest absolute Gasteiger partial charge is 0.308 e. The molecule has 0 radical (unpaired) electrons. The van der Waals surface area contributed by atoms with E-state index in [1.807, 2.05) is 12.1 Å². The zero-order chi connectivity index (χ0) is 26.8. The molecule has 2 heterocycles. The number of para-hydroxylation sites is 2. The van der Waals surface area contributed by atoms with Crippen LogP contribution in [0.25, 0.3) is 22.2 Å². The third-order valence-electron chi connectivity index (χ3n) is 5.66. The van der Waals surface area contributed by atoms with Gasteiger partial charge in [0, 0.05) is 22.7 Å². The van der Waals surface area contributed by atoms with Crippen molar-refractivity contribution in [1.82, 2.24) is 14.8 Å². The van der Waals surface area contributed by atoms with Crippen LogP contribution in [0, 0.1) is 17.1 Å². The number of nitrogens with zero attached hydrogens (tertiary/aromatic N) is 4. The van der Waals surface area contributed by atoms with E-state index in [4.69, 9.17) is 32.5 Å². The summed E-state index contributed by atoms with van der Waals surface area (Å²) in [6.07, 6.45) is 0. The summed E-state index contributed by atoms with van der Waals surface area (Å²) in [6.45, 7) is 0.0445. The summed E-state index contributed by atoms with van der Waals surface area (Å²) < 4.78 is 26.5. The maximum Gasteiger partial charge on any atom is 0.308 e. The highest BCUT2D eigenvalue weighted by atomic mass is 35.5. The second-order valence-electron chi connectivity index (χ2n) is 8.02. The van der Waals surface area contributed by atoms with Gasteiger partial charge < -0.3 is 14.6 Å². The summed E-state index contributed by atoms with van der Waals surface area (Å²) >= 11 is 12.2. The highest BCUT2D eigenvalue weighted by molar-refractivity contribution is 6.36. The van der Waals surface area contributed by atoms with Crippen LogP contribution in [-0.4, -0.2) is 27.8 Å². The Kier molecular flexibility index (Phi) is 6.87. The fourth-order valence-electron chi connectivity index (χ4n) is 3.82. The molecule has 0 spiro atoms. The van der Waals surface area contributed by atoms with Crippen molar-refractivity contribution in [2.75, 3.05) is 17.9 Å². The number of carbonyl (C=O) groups is 1. The molecule has 2 N–H and O–H groups in total. The van der Waals surface area contributed by atoms with E-state index >= 15 is 4.39 Å². The number of methoxy groups -OCH3 is 1. The van der Waals surface area contributed by atoms with Crippen molar-refractivity contribution in [3.05, 3.63) is 93.4 Å². The lowest BCUT2D eigenvalue weighted by atomic mass is 9.99. The second-order valence-corrected chi connectivity index (χ2v) is 8.86. The Morgan fingerprint density at radius 1 is 1.18 bits per heavy atom. The van der Waals surface area contributed by atoms with Gasteiger partial charge in [-0.15, -0.1) is 0 Å². The normalized spacial score (nSPS) is 10.8. The molecule has 0 unspecified atom stereocenters. The van der Waals surface area contributed by atoms with Crippen LogP contribution in [0.2, 0.25) is 10.0 Å². The number of hydrogen-bond acceptors (Lipinski definition) is 7. The van der Waals surface area contributed by atoms with E-state index < -0.39 is 11.7 Å². The van der Waals surface area contributed by atoms with Crippen molar-refractivity contribution < 1.29 is 18.4 Å². The molecule has 3 aromatic carbocycles. The summed E-state index contributed by atoms with van der Waals surface area (Å²) in [5.41, 5.74) is 5.32. The number of anilines is 1. The highest BCUT2D eigenvalue weighted by Gasteiger charge is 2.19. The first-order chi connectivity index (χ1) is 18.4. The largest absolute Gasteiger partial charge is 0.479 e. The molecule has 0 aliphatic carbocycles. The zero-order valence-electron chi connectivity index (χ0n) is 19.6. The van der Waals surface area contributed by atoms with Crippen molar-refractivity contribution in [3.63, 3.8) is 0 Å². The summed E-state index contributed by atoms with van der Waals surface area (Å²) in [4.78, 5) is 17.3. The Morgan fingerprint density at radius 2 is 2.00 bits per heavy atom. The highest BCUT2D eigenvalue weighted by Crippen LogP contribution is 2.33. The fourth-order valence-corrected chi connectivity index (χ4v) is 4.36. The maximum atomic E-state index is 15.1. The first kappa shape index (κ1) is 25.1. The Labute approximate surface area is 225 Å². The molecule has 1 amide bonds. The van der Waals surface area contributed by atoms with Crippen molar-refractivity contribution >= 4 is 46.1 Å². The molecule has 2 aromatic heterocycles. The molecule has 0 aliphatic rings. The molecule has 190 valence electrons. The number of amides is 1. The molecule has 0 aliphatic heterocycles. The molecule has 12 heteroatoms. The van der Waals surface area contributed by atoms with E-state index in [9.17, 15) is 10.1 Å². The van der Waals surface area contributed by atoms with E-state index in [0.717, 1.165) is 0 Å². The number of nitrogens with one attached hydrogen (secondary N) is 2. The van der Waals surface area contributed by atoms with E-state index in [0.29, 0.717) is 32.7 Å². The Balaban J connectivity index is 1.41. The molecule has 0 fully saturated rings. The molecule has 9 nitrogen and oxygen atoms in total. The molecule has 5 rings (SSSR count). The van der Waals surface area contributed by atoms with Gasteiger partial charge in [0.2, 0.25) is 11.7 Å². The number of aromatic nitrogens is 3. The topological polar surface area (TPSA) is 118 Å². The molecule has 0 saturated heterocycles. The first-order valence-corrected chi connectivity index (χ1v) is 11.8.